The van der Waals surface area contributed by atoms with Gasteiger partial charge < -0.3 is 21.3 Å². The molecule has 2 fully saturated rings. The molecule has 1 aliphatic carbocycles. The molecule has 5 N–H and O–H groups in total. The Morgan fingerprint density at radius 3 is 2.41 bits per heavy atom. The predicted octanol–water partition coefficient (Wildman–Crippen LogP) is 3.44. The van der Waals surface area contributed by atoms with Crippen LogP contribution < -0.4 is 11.1 Å². The number of rotatable bonds is 18. The van der Waals surface area contributed by atoms with Crippen molar-refractivity contribution in [1.29, 1.82) is 0 Å². The number of nitrogens with one attached hydrogen (secondary N) is 1. The van der Waals surface area contributed by atoms with Crippen LogP contribution in [0.25, 0.3) is 0 Å². The van der Waals surface area contributed by atoms with Crippen molar-refractivity contribution in [2.24, 2.45) is 11.7 Å². The van der Waals surface area contributed by atoms with E-state index in [1.165, 1.54) is 28.5 Å². The van der Waals surface area contributed by atoms with E-state index in [9.17, 15) is 33.9 Å². The number of aliphatic carboxylic acids is 2. The highest BCUT2D eigenvalue weighted by Crippen LogP contribution is 2.43. The number of likely N-dealkylation sites (tertiary alicyclic amines) is 1. The Labute approximate surface area is 269 Å². The quantitative estimate of drug-likeness (QED) is 0.132. The lowest BCUT2D eigenvalue weighted by Gasteiger charge is -2.38. The summed E-state index contributed by atoms with van der Waals surface area (Å²) >= 11 is 6.50. The molecule has 1 saturated heterocycles. The SMILES string of the molecule is CC(=O)C(N)CCC(=O)NC(CSSC1CCN(C(C(=O)C2CC2)c2ccccc2Cl)C/C1=C/C(=O)O)C(=O)CCC(=O)O. The van der Waals surface area contributed by atoms with Gasteiger partial charge >= 0.3 is 11.9 Å². The molecule has 1 amide bonds. The molecule has 11 nitrogen and oxygen atoms in total. The molecule has 1 aromatic carbocycles. The van der Waals surface area contributed by atoms with E-state index in [1.807, 2.05) is 17.0 Å². The first kappa shape index (κ1) is 35.8. The predicted molar refractivity (Wildman–Crippen MR) is 169 cm³/mol. The van der Waals surface area contributed by atoms with Crippen LogP contribution in [0.15, 0.2) is 35.9 Å². The minimum absolute atomic E-state index is 0.0326. The van der Waals surface area contributed by atoms with Gasteiger partial charge in [0.15, 0.2) is 11.6 Å². The van der Waals surface area contributed by atoms with Crippen LogP contribution in [0.5, 0.6) is 0 Å². The monoisotopic (exact) mass is 667 g/mol. The van der Waals surface area contributed by atoms with Gasteiger partial charge in [0.25, 0.3) is 0 Å². The van der Waals surface area contributed by atoms with E-state index in [0.29, 0.717) is 29.1 Å². The topological polar surface area (TPSA) is 184 Å². The van der Waals surface area contributed by atoms with E-state index in [1.54, 1.807) is 12.1 Å². The minimum Gasteiger partial charge on any atom is -0.481 e. The molecule has 44 heavy (non-hydrogen) atoms. The average Bonchev–Trinajstić information content (AvgIpc) is 3.81. The number of halogens is 1. The number of nitrogens with two attached hydrogens (primary N) is 1. The number of hydrogen-bond acceptors (Lipinski definition) is 10. The number of carboxylic acids is 2. The Hall–Kier alpha value is -2.71. The number of hydrogen-bond donors (Lipinski definition) is 4. The van der Waals surface area contributed by atoms with Crippen molar-refractivity contribution in [3.05, 3.63) is 46.5 Å². The summed E-state index contributed by atoms with van der Waals surface area (Å²) in [5.74, 6) is -3.26. The molecule has 1 saturated carbocycles. The Kier molecular flexibility index (Phi) is 13.9. The van der Waals surface area contributed by atoms with Gasteiger partial charge in [-0.05, 0) is 49.8 Å². The lowest BCUT2D eigenvalue weighted by atomic mass is 9.94. The summed E-state index contributed by atoms with van der Waals surface area (Å²) in [6.45, 7) is 2.08. The first-order chi connectivity index (χ1) is 20.9. The van der Waals surface area contributed by atoms with Crippen LogP contribution in [0.3, 0.4) is 0 Å². The van der Waals surface area contributed by atoms with Crippen LogP contribution in [-0.4, -0.2) is 86.5 Å². The highest BCUT2D eigenvalue weighted by atomic mass is 35.5. The van der Waals surface area contributed by atoms with Gasteiger partial charge in [-0.3, -0.25) is 28.9 Å². The summed E-state index contributed by atoms with van der Waals surface area (Å²) in [5, 5.41) is 21.5. The number of benzene rings is 1. The van der Waals surface area contributed by atoms with Crippen LogP contribution in [0, 0.1) is 5.92 Å². The van der Waals surface area contributed by atoms with Crippen LogP contribution in [-0.2, 0) is 28.8 Å². The number of Topliss-reactive ketones (excluding diaryl/α,β-unsaturated/α-hetero) is 3. The molecule has 0 spiro atoms. The number of carbonyl (C=O) groups excluding carboxylic acids is 4. The van der Waals surface area contributed by atoms with Gasteiger partial charge in [0.05, 0.1) is 24.5 Å². The second kappa shape index (κ2) is 17.1. The molecule has 1 aliphatic heterocycles. The summed E-state index contributed by atoms with van der Waals surface area (Å²) in [7, 11) is 2.65. The van der Waals surface area contributed by atoms with Gasteiger partial charge in [-0.15, -0.1) is 0 Å². The number of carboxylic acid groups (broad SMARTS) is 2. The maximum atomic E-state index is 13.4. The molecule has 4 unspecified atom stereocenters. The zero-order valence-electron chi connectivity index (χ0n) is 24.4. The fourth-order valence-corrected chi connectivity index (χ4v) is 8.05. The summed E-state index contributed by atoms with van der Waals surface area (Å²) in [4.78, 5) is 74.9. The largest absolute Gasteiger partial charge is 0.481 e. The molecule has 2 aliphatic rings. The lowest BCUT2D eigenvalue weighted by molar-refractivity contribution is -0.138. The Bertz CT molecular complexity index is 1290. The van der Waals surface area contributed by atoms with Crippen LogP contribution in [0.1, 0.15) is 63.5 Å². The Balaban J connectivity index is 1.68. The zero-order valence-corrected chi connectivity index (χ0v) is 26.8. The van der Waals surface area contributed by atoms with E-state index in [4.69, 9.17) is 22.4 Å². The second-order valence-corrected chi connectivity index (χ2v) is 14.0. The molecule has 14 heteroatoms. The van der Waals surface area contributed by atoms with E-state index < -0.39 is 41.8 Å². The number of ketones is 3. The normalized spacial score (nSPS) is 20.0. The second-order valence-electron chi connectivity index (χ2n) is 11.0. The van der Waals surface area contributed by atoms with E-state index in [2.05, 4.69) is 5.32 Å². The maximum Gasteiger partial charge on any atom is 0.328 e. The molecule has 1 aromatic rings. The minimum atomic E-state index is -1.14. The standard InChI is InChI=1S/C30H38ClN3O8S2/c1-17(35)22(32)8-10-26(37)33-23(24(36)9-11-27(38)39)16-43-44-25-12-13-34(15-19(25)14-28(40)41)29(30(42)18-6-7-18)20-4-2-3-5-21(20)31/h2-5,14,18,22-23,25,29H,6-13,15-16,32H2,1H3,(H,33,37)(H,38,39)(H,40,41)/b19-14-. The summed E-state index contributed by atoms with van der Waals surface area (Å²) in [6.07, 6.45) is 2.73. The zero-order chi connectivity index (χ0) is 32.4. The number of amides is 1. The van der Waals surface area contributed by atoms with Gasteiger partial charge in [-0.1, -0.05) is 51.4 Å². The first-order valence-electron chi connectivity index (χ1n) is 14.4. The molecular formula is C30H38ClN3O8S2. The summed E-state index contributed by atoms with van der Waals surface area (Å²) < 4.78 is 0. The molecule has 1 heterocycles. The van der Waals surface area contributed by atoms with E-state index >= 15 is 0 Å². The molecule has 0 bridgehead atoms. The van der Waals surface area contributed by atoms with Gasteiger partial charge in [-0.25, -0.2) is 4.79 Å². The summed E-state index contributed by atoms with van der Waals surface area (Å²) in [5.41, 5.74) is 7.01. The van der Waals surface area contributed by atoms with Crippen molar-refractivity contribution in [2.75, 3.05) is 18.8 Å². The Morgan fingerprint density at radius 1 is 1.09 bits per heavy atom. The van der Waals surface area contributed by atoms with Crippen molar-refractivity contribution in [3.63, 3.8) is 0 Å². The van der Waals surface area contributed by atoms with Crippen molar-refractivity contribution in [3.8, 4) is 0 Å². The van der Waals surface area contributed by atoms with Crippen LogP contribution in [0.2, 0.25) is 5.02 Å². The van der Waals surface area contributed by atoms with Crippen molar-refractivity contribution in [2.45, 2.75) is 75.2 Å². The lowest BCUT2D eigenvalue weighted by Crippen LogP contribution is -2.44. The van der Waals surface area contributed by atoms with Gasteiger partial charge in [-0.2, -0.15) is 0 Å². The van der Waals surface area contributed by atoms with Crippen molar-refractivity contribution in [1.82, 2.24) is 10.2 Å². The first-order valence-corrected chi connectivity index (χ1v) is 17.2. The van der Waals surface area contributed by atoms with Crippen molar-refractivity contribution >= 4 is 68.4 Å². The average molecular weight is 668 g/mol. The fourth-order valence-electron chi connectivity index (χ4n) is 4.89. The van der Waals surface area contributed by atoms with Gasteiger partial charge in [0.1, 0.15) is 5.78 Å². The fraction of sp³-hybridized carbons (Fsp3) is 0.533. The highest BCUT2D eigenvalue weighted by Gasteiger charge is 2.41. The smallest absolute Gasteiger partial charge is 0.328 e. The van der Waals surface area contributed by atoms with E-state index in [0.717, 1.165) is 18.9 Å². The third kappa shape index (κ3) is 11.0. The van der Waals surface area contributed by atoms with Crippen molar-refractivity contribution < 1.29 is 39.0 Å². The molecule has 0 radical (unpaired) electrons. The molecule has 4 atom stereocenters. The molecule has 3 rings (SSSR count). The molecule has 240 valence electrons. The number of nitrogens with zero attached hydrogens (tertiary/aromatic N) is 1. The molecular weight excluding hydrogens is 630 g/mol. The number of piperidine rings is 1. The third-order valence-corrected chi connectivity index (χ3v) is 10.8. The maximum absolute atomic E-state index is 13.4. The molecule has 0 aromatic heterocycles. The Morgan fingerprint density at radius 2 is 1.80 bits per heavy atom. The van der Waals surface area contributed by atoms with Crippen LogP contribution in [0.4, 0.5) is 0 Å². The van der Waals surface area contributed by atoms with Crippen LogP contribution >= 0.6 is 33.2 Å². The van der Waals surface area contributed by atoms with Gasteiger partial charge in [0.2, 0.25) is 5.91 Å². The highest BCUT2D eigenvalue weighted by molar-refractivity contribution is 8.77. The third-order valence-electron chi connectivity index (χ3n) is 7.53. The van der Waals surface area contributed by atoms with E-state index in [-0.39, 0.29) is 60.7 Å². The number of carbonyl (C=O) groups is 6. The summed E-state index contributed by atoms with van der Waals surface area (Å²) in [6, 6.07) is 4.83. The van der Waals surface area contributed by atoms with Gasteiger partial charge in [0, 0.05) is 54.0 Å².